The van der Waals surface area contributed by atoms with Crippen molar-refractivity contribution in [3.05, 3.63) is 83.4 Å². The Hall–Kier alpha value is -2.34. The van der Waals surface area contributed by atoms with Crippen molar-refractivity contribution >= 4 is 0 Å². The molecule has 0 unspecified atom stereocenters. The maximum absolute atomic E-state index is 2.35. The van der Waals surface area contributed by atoms with Crippen LogP contribution in [-0.4, -0.2) is 0 Å². The third kappa shape index (κ3) is 3.37. The number of rotatable bonds is 3. The highest BCUT2D eigenvalue weighted by molar-refractivity contribution is 5.84. The molecule has 0 heteroatoms. The van der Waals surface area contributed by atoms with E-state index in [0.717, 1.165) is 0 Å². The lowest BCUT2D eigenvalue weighted by Gasteiger charge is -2.15. The number of hydrogen-bond donors (Lipinski definition) is 0. The summed E-state index contributed by atoms with van der Waals surface area (Å²) in [5.41, 5.74) is 9.17. The first-order valence-electron chi connectivity index (χ1n) is 8.32. The molecule has 3 aromatic rings. The quantitative estimate of drug-likeness (QED) is 0.501. The first-order chi connectivity index (χ1) is 11.0. The van der Waals surface area contributed by atoms with Crippen molar-refractivity contribution in [3.8, 4) is 22.3 Å². The van der Waals surface area contributed by atoms with Gasteiger partial charge in [-0.25, -0.2) is 0 Å². The molecule has 0 saturated heterocycles. The van der Waals surface area contributed by atoms with Gasteiger partial charge in [0.1, 0.15) is 0 Å². The summed E-state index contributed by atoms with van der Waals surface area (Å²) in [4.78, 5) is 0. The van der Waals surface area contributed by atoms with E-state index in [-0.39, 0.29) is 0 Å². The third-order valence-corrected chi connectivity index (χ3v) is 4.44. The van der Waals surface area contributed by atoms with E-state index in [4.69, 9.17) is 0 Å². The van der Waals surface area contributed by atoms with E-state index in [1.807, 2.05) is 0 Å². The molecule has 0 fully saturated rings. The Morgan fingerprint density at radius 1 is 0.565 bits per heavy atom. The average molecular weight is 300 g/mol. The second kappa shape index (κ2) is 6.42. The smallest absolute Gasteiger partial charge is 0.0103 e. The van der Waals surface area contributed by atoms with Crippen LogP contribution in [-0.2, 0) is 0 Å². The minimum atomic E-state index is 0.534. The van der Waals surface area contributed by atoms with Crippen LogP contribution in [0.1, 0.15) is 36.5 Å². The van der Waals surface area contributed by atoms with Crippen molar-refractivity contribution in [1.82, 2.24) is 0 Å². The van der Waals surface area contributed by atoms with E-state index in [2.05, 4.69) is 94.4 Å². The second-order valence-electron chi connectivity index (χ2n) is 6.69. The van der Waals surface area contributed by atoms with Gasteiger partial charge in [0.15, 0.2) is 0 Å². The van der Waals surface area contributed by atoms with Crippen LogP contribution in [0.2, 0.25) is 0 Å². The molecule has 3 aromatic carbocycles. The van der Waals surface area contributed by atoms with E-state index in [1.165, 1.54) is 38.9 Å². The van der Waals surface area contributed by atoms with Gasteiger partial charge in [-0.2, -0.15) is 0 Å². The molecular weight excluding hydrogens is 276 g/mol. The Morgan fingerprint density at radius 3 is 1.52 bits per heavy atom. The van der Waals surface area contributed by atoms with Crippen LogP contribution in [0.3, 0.4) is 0 Å². The van der Waals surface area contributed by atoms with E-state index >= 15 is 0 Å². The molecule has 0 aliphatic heterocycles. The number of aryl methyl sites for hydroxylation is 2. The van der Waals surface area contributed by atoms with Gasteiger partial charge < -0.3 is 0 Å². The molecule has 23 heavy (non-hydrogen) atoms. The predicted molar refractivity (Wildman–Crippen MR) is 101 cm³/mol. The molecule has 0 atom stereocenters. The van der Waals surface area contributed by atoms with Crippen molar-refractivity contribution in [2.24, 2.45) is 0 Å². The maximum Gasteiger partial charge on any atom is -0.0103 e. The molecule has 3 rings (SSSR count). The fourth-order valence-electron chi connectivity index (χ4n) is 2.88. The summed E-state index contributed by atoms with van der Waals surface area (Å²) in [6.07, 6.45) is 0. The van der Waals surface area contributed by atoms with Crippen LogP contribution in [0.15, 0.2) is 66.7 Å². The molecule has 0 aromatic heterocycles. The maximum atomic E-state index is 2.35. The molecule has 0 radical (unpaired) electrons. The molecule has 0 spiro atoms. The summed E-state index contributed by atoms with van der Waals surface area (Å²) in [6.45, 7) is 8.77. The number of hydrogen-bond acceptors (Lipinski definition) is 0. The molecule has 0 heterocycles. The molecule has 0 saturated carbocycles. The Morgan fingerprint density at radius 2 is 1.04 bits per heavy atom. The van der Waals surface area contributed by atoms with Crippen molar-refractivity contribution in [3.63, 3.8) is 0 Å². The molecule has 0 bridgehead atoms. The van der Waals surface area contributed by atoms with Crippen LogP contribution in [0.4, 0.5) is 0 Å². The zero-order valence-electron chi connectivity index (χ0n) is 14.4. The average Bonchev–Trinajstić information content (AvgIpc) is 2.56. The largest absolute Gasteiger partial charge is 0.0587 e. The summed E-state index contributed by atoms with van der Waals surface area (Å²) >= 11 is 0. The van der Waals surface area contributed by atoms with Crippen LogP contribution < -0.4 is 0 Å². The Labute approximate surface area is 139 Å². The van der Waals surface area contributed by atoms with Gasteiger partial charge in [0.05, 0.1) is 0 Å². The highest BCUT2D eigenvalue weighted by Crippen LogP contribution is 2.34. The van der Waals surface area contributed by atoms with Gasteiger partial charge in [0.25, 0.3) is 0 Å². The summed E-state index contributed by atoms with van der Waals surface area (Å²) in [7, 11) is 0. The molecular formula is C23H24. The highest BCUT2D eigenvalue weighted by atomic mass is 14.1. The van der Waals surface area contributed by atoms with Gasteiger partial charge in [0.2, 0.25) is 0 Å². The molecule has 0 amide bonds. The predicted octanol–water partition coefficient (Wildman–Crippen LogP) is 6.76. The monoisotopic (exact) mass is 300 g/mol. The van der Waals surface area contributed by atoms with E-state index in [9.17, 15) is 0 Å². The van der Waals surface area contributed by atoms with Gasteiger partial charge in [-0.05, 0) is 47.6 Å². The van der Waals surface area contributed by atoms with E-state index < -0.39 is 0 Å². The standard InChI is InChI=1S/C23H24/c1-16(2)21-13-14-22(19-9-5-17(3)6-10-19)23(15-21)20-11-7-18(4)8-12-20/h5-16H,1-4H3. The molecule has 0 aliphatic carbocycles. The number of benzene rings is 3. The van der Waals surface area contributed by atoms with Crippen LogP contribution >= 0.6 is 0 Å². The lowest BCUT2D eigenvalue weighted by Crippen LogP contribution is -1.92. The summed E-state index contributed by atoms with van der Waals surface area (Å²) in [5.74, 6) is 0.534. The van der Waals surface area contributed by atoms with Crippen molar-refractivity contribution in [1.29, 1.82) is 0 Å². The first-order valence-corrected chi connectivity index (χ1v) is 8.32. The fourth-order valence-corrected chi connectivity index (χ4v) is 2.88. The van der Waals surface area contributed by atoms with Gasteiger partial charge in [-0.3, -0.25) is 0 Å². The molecule has 0 aliphatic rings. The van der Waals surface area contributed by atoms with E-state index in [1.54, 1.807) is 0 Å². The lowest BCUT2D eigenvalue weighted by molar-refractivity contribution is 0.867. The Bertz CT molecular complexity index is 790. The fraction of sp³-hybridized carbons (Fsp3) is 0.217. The zero-order valence-corrected chi connectivity index (χ0v) is 14.4. The minimum Gasteiger partial charge on any atom is -0.0587 e. The lowest BCUT2D eigenvalue weighted by atomic mass is 9.90. The molecule has 116 valence electrons. The van der Waals surface area contributed by atoms with Crippen molar-refractivity contribution < 1.29 is 0 Å². The van der Waals surface area contributed by atoms with E-state index in [0.29, 0.717) is 5.92 Å². The minimum absolute atomic E-state index is 0.534. The Kier molecular flexibility index (Phi) is 4.34. The van der Waals surface area contributed by atoms with Crippen LogP contribution in [0.5, 0.6) is 0 Å². The van der Waals surface area contributed by atoms with Crippen molar-refractivity contribution in [2.75, 3.05) is 0 Å². The van der Waals surface area contributed by atoms with Gasteiger partial charge in [0, 0.05) is 0 Å². The van der Waals surface area contributed by atoms with Gasteiger partial charge >= 0.3 is 0 Å². The van der Waals surface area contributed by atoms with Crippen molar-refractivity contribution in [2.45, 2.75) is 33.6 Å². The second-order valence-corrected chi connectivity index (χ2v) is 6.69. The summed E-state index contributed by atoms with van der Waals surface area (Å²) in [5, 5.41) is 0. The SMILES string of the molecule is Cc1ccc(-c2ccc(C(C)C)cc2-c2ccc(C)cc2)cc1. The first kappa shape index (κ1) is 15.6. The third-order valence-electron chi connectivity index (χ3n) is 4.44. The zero-order chi connectivity index (χ0) is 16.4. The normalized spacial score (nSPS) is 11.0. The van der Waals surface area contributed by atoms with Gasteiger partial charge in [-0.15, -0.1) is 0 Å². The Balaban J connectivity index is 2.18. The summed E-state index contributed by atoms with van der Waals surface area (Å²) < 4.78 is 0. The summed E-state index contributed by atoms with van der Waals surface area (Å²) in [6, 6.07) is 24.5. The van der Waals surface area contributed by atoms with Crippen LogP contribution in [0.25, 0.3) is 22.3 Å². The molecule has 0 nitrogen and oxygen atoms in total. The van der Waals surface area contributed by atoms with Gasteiger partial charge in [-0.1, -0.05) is 91.7 Å². The highest BCUT2D eigenvalue weighted by Gasteiger charge is 2.10. The van der Waals surface area contributed by atoms with Crippen LogP contribution in [0, 0.1) is 13.8 Å². The topological polar surface area (TPSA) is 0 Å². The molecule has 0 N–H and O–H groups in total.